The quantitative estimate of drug-likeness (QED) is 0.914. The molecule has 5 heteroatoms. The van der Waals surface area contributed by atoms with Gasteiger partial charge in [-0.3, -0.25) is 4.79 Å². The molecule has 1 aliphatic heterocycles. The molecule has 0 bridgehead atoms. The van der Waals surface area contributed by atoms with Crippen LogP contribution < -0.4 is 10.6 Å². The summed E-state index contributed by atoms with van der Waals surface area (Å²) in [4.78, 5) is 12.3. The SMILES string of the molecule is O=C(NCc1c(F)cccc1F)[C@H]1NCCc2ccccc21. The maximum absolute atomic E-state index is 13.6. The molecular formula is C17H16F2N2O. The van der Waals surface area contributed by atoms with E-state index in [1.54, 1.807) is 0 Å². The van der Waals surface area contributed by atoms with Crippen LogP contribution in [-0.4, -0.2) is 12.5 Å². The van der Waals surface area contributed by atoms with E-state index in [1.807, 2.05) is 24.3 Å². The van der Waals surface area contributed by atoms with Gasteiger partial charge in [-0.2, -0.15) is 0 Å². The average Bonchev–Trinajstić information content (AvgIpc) is 2.53. The van der Waals surface area contributed by atoms with Crippen molar-refractivity contribution in [3.05, 3.63) is 70.8 Å². The van der Waals surface area contributed by atoms with Crippen molar-refractivity contribution >= 4 is 5.91 Å². The standard InChI is InChI=1S/C17H16F2N2O/c18-14-6-3-7-15(19)13(14)10-21-17(22)16-12-5-2-1-4-11(12)8-9-20-16/h1-7,16,20H,8-10H2,(H,21,22)/t16-/m0/s1. The van der Waals surface area contributed by atoms with Gasteiger partial charge in [0.1, 0.15) is 17.7 Å². The number of amides is 1. The Morgan fingerprint density at radius 3 is 2.64 bits per heavy atom. The van der Waals surface area contributed by atoms with E-state index < -0.39 is 17.7 Å². The fourth-order valence-electron chi connectivity index (χ4n) is 2.72. The Kier molecular flexibility index (Phi) is 4.15. The van der Waals surface area contributed by atoms with Crippen molar-refractivity contribution in [1.29, 1.82) is 0 Å². The van der Waals surface area contributed by atoms with Gasteiger partial charge in [0.2, 0.25) is 5.91 Å². The summed E-state index contributed by atoms with van der Waals surface area (Å²) < 4.78 is 27.2. The van der Waals surface area contributed by atoms with E-state index in [2.05, 4.69) is 10.6 Å². The molecule has 114 valence electrons. The van der Waals surface area contributed by atoms with Gasteiger partial charge in [-0.05, 0) is 29.7 Å². The predicted molar refractivity (Wildman–Crippen MR) is 79.1 cm³/mol. The van der Waals surface area contributed by atoms with Crippen molar-refractivity contribution in [2.45, 2.75) is 19.0 Å². The topological polar surface area (TPSA) is 41.1 Å². The van der Waals surface area contributed by atoms with Crippen LogP contribution in [-0.2, 0) is 17.8 Å². The number of nitrogens with one attached hydrogen (secondary N) is 2. The van der Waals surface area contributed by atoms with Crippen molar-refractivity contribution in [2.75, 3.05) is 6.54 Å². The number of fused-ring (bicyclic) bond motifs is 1. The molecule has 3 rings (SSSR count). The lowest BCUT2D eigenvalue weighted by molar-refractivity contribution is -0.123. The minimum absolute atomic E-state index is 0.125. The number of halogens is 2. The molecule has 0 radical (unpaired) electrons. The molecule has 22 heavy (non-hydrogen) atoms. The molecular weight excluding hydrogens is 286 g/mol. The van der Waals surface area contributed by atoms with Gasteiger partial charge in [0.15, 0.2) is 0 Å². The minimum atomic E-state index is -0.655. The molecule has 0 saturated heterocycles. The lowest BCUT2D eigenvalue weighted by Gasteiger charge is -2.26. The van der Waals surface area contributed by atoms with Gasteiger partial charge in [-0.1, -0.05) is 30.3 Å². The van der Waals surface area contributed by atoms with Crippen LogP contribution >= 0.6 is 0 Å². The normalized spacial score (nSPS) is 16.9. The van der Waals surface area contributed by atoms with E-state index in [0.29, 0.717) is 6.54 Å². The van der Waals surface area contributed by atoms with Crippen molar-refractivity contribution in [2.24, 2.45) is 0 Å². The highest BCUT2D eigenvalue weighted by Gasteiger charge is 2.25. The van der Waals surface area contributed by atoms with Gasteiger partial charge < -0.3 is 10.6 Å². The first-order valence-corrected chi connectivity index (χ1v) is 7.18. The van der Waals surface area contributed by atoms with Crippen LogP contribution in [0.3, 0.4) is 0 Å². The number of benzene rings is 2. The molecule has 2 aromatic rings. The van der Waals surface area contributed by atoms with Crippen LogP contribution in [0.5, 0.6) is 0 Å². The first kappa shape index (κ1) is 14.7. The molecule has 0 aromatic heterocycles. The first-order valence-electron chi connectivity index (χ1n) is 7.18. The highest BCUT2D eigenvalue weighted by atomic mass is 19.1. The molecule has 3 nitrogen and oxygen atoms in total. The summed E-state index contributed by atoms with van der Waals surface area (Å²) in [6.45, 7) is 0.529. The Morgan fingerprint density at radius 2 is 1.86 bits per heavy atom. The highest BCUT2D eigenvalue weighted by molar-refractivity contribution is 5.83. The second-order valence-electron chi connectivity index (χ2n) is 5.25. The lowest BCUT2D eigenvalue weighted by Crippen LogP contribution is -2.41. The predicted octanol–water partition coefficient (Wildman–Crippen LogP) is 2.47. The third-order valence-electron chi connectivity index (χ3n) is 3.87. The second-order valence-corrected chi connectivity index (χ2v) is 5.25. The third-order valence-corrected chi connectivity index (χ3v) is 3.87. The van der Waals surface area contributed by atoms with Crippen LogP contribution in [0.15, 0.2) is 42.5 Å². The maximum atomic E-state index is 13.6. The van der Waals surface area contributed by atoms with Gasteiger partial charge in [0, 0.05) is 18.7 Å². The van der Waals surface area contributed by atoms with Gasteiger partial charge in [0.25, 0.3) is 0 Å². The van der Waals surface area contributed by atoms with E-state index in [9.17, 15) is 13.6 Å². The summed E-state index contributed by atoms with van der Waals surface area (Å²) in [7, 11) is 0. The fraction of sp³-hybridized carbons (Fsp3) is 0.235. The number of hydrogen-bond donors (Lipinski definition) is 2. The van der Waals surface area contributed by atoms with Gasteiger partial charge in [-0.25, -0.2) is 8.78 Å². The van der Waals surface area contributed by atoms with E-state index >= 15 is 0 Å². The fourth-order valence-corrected chi connectivity index (χ4v) is 2.72. The van der Waals surface area contributed by atoms with Crippen LogP contribution in [0.25, 0.3) is 0 Å². The summed E-state index contributed by atoms with van der Waals surface area (Å²) in [5, 5.41) is 5.75. The molecule has 2 aromatic carbocycles. The zero-order valence-electron chi connectivity index (χ0n) is 11.9. The Balaban J connectivity index is 1.74. The molecule has 2 N–H and O–H groups in total. The molecule has 0 fully saturated rings. The van der Waals surface area contributed by atoms with Crippen molar-refractivity contribution in [3.8, 4) is 0 Å². The first-order chi connectivity index (χ1) is 10.7. The smallest absolute Gasteiger partial charge is 0.242 e. The summed E-state index contributed by atoms with van der Waals surface area (Å²) in [6.07, 6.45) is 0.863. The van der Waals surface area contributed by atoms with E-state index in [-0.39, 0.29) is 18.0 Å². The van der Waals surface area contributed by atoms with Gasteiger partial charge in [-0.15, -0.1) is 0 Å². The summed E-state index contributed by atoms with van der Waals surface area (Å²) in [5.74, 6) is -1.59. The maximum Gasteiger partial charge on any atom is 0.242 e. The summed E-state index contributed by atoms with van der Waals surface area (Å²) in [6, 6.07) is 10.9. The molecule has 1 aliphatic rings. The van der Waals surface area contributed by atoms with Gasteiger partial charge >= 0.3 is 0 Å². The molecule has 1 heterocycles. The zero-order chi connectivity index (χ0) is 15.5. The Bertz CT molecular complexity index is 683. The summed E-state index contributed by atoms with van der Waals surface area (Å²) >= 11 is 0. The average molecular weight is 302 g/mol. The monoisotopic (exact) mass is 302 g/mol. The van der Waals surface area contributed by atoms with E-state index in [0.717, 1.165) is 17.5 Å². The minimum Gasteiger partial charge on any atom is -0.350 e. The largest absolute Gasteiger partial charge is 0.350 e. The Morgan fingerprint density at radius 1 is 1.14 bits per heavy atom. The van der Waals surface area contributed by atoms with Crippen LogP contribution in [0, 0.1) is 11.6 Å². The van der Waals surface area contributed by atoms with Crippen molar-refractivity contribution < 1.29 is 13.6 Å². The van der Waals surface area contributed by atoms with Crippen LogP contribution in [0.2, 0.25) is 0 Å². The second kappa shape index (κ2) is 6.23. The summed E-state index contributed by atoms with van der Waals surface area (Å²) in [5.41, 5.74) is 1.92. The number of carbonyl (C=O) groups is 1. The highest BCUT2D eigenvalue weighted by Crippen LogP contribution is 2.23. The molecule has 0 saturated carbocycles. The Hall–Kier alpha value is -2.27. The van der Waals surface area contributed by atoms with E-state index in [4.69, 9.17) is 0 Å². The van der Waals surface area contributed by atoms with Crippen LogP contribution in [0.1, 0.15) is 22.7 Å². The molecule has 0 aliphatic carbocycles. The number of hydrogen-bond acceptors (Lipinski definition) is 2. The number of rotatable bonds is 3. The lowest BCUT2D eigenvalue weighted by atomic mass is 9.94. The number of carbonyl (C=O) groups excluding carboxylic acids is 1. The molecule has 1 amide bonds. The van der Waals surface area contributed by atoms with Crippen molar-refractivity contribution in [1.82, 2.24) is 10.6 Å². The zero-order valence-corrected chi connectivity index (χ0v) is 11.9. The van der Waals surface area contributed by atoms with Crippen LogP contribution in [0.4, 0.5) is 8.78 Å². The van der Waals surface area contributed by atoms with Crippen molar-refractivity contribution in [3.63, 3.8) is 0 Å². The van der Waals surface area contributed by atoms with Gasteiger partial charge in [0.05, 0.1) is 0 Å². The molecule has 0 spiro atoms. The molecule has 0 unspecified atom stereocenters. The third kappa shape index (κ3) is 2.85. The molecule has 1 atom stereocenters. The van der Waals surface area contributed by atoms with E-state index in [1.165, 1.54) is 18.2 Å². The Labute approximate surface area is 127 Å².